The van der Waals surface area contributed by atoms with Crippen LogP contribution in [0, 0.1) is 20.8 Å². The zero-order valence-electron chi connectivity index (χ0n) is 18.4. The van der Waals surface area contributed by atoms with Gasteiger partial charge in [0.25, 0.3) is 0 Å². The third kappa shape index (κ3) is 5.41. The van der Waals surface area contributed by atoms with E-state index in [1.54, 1.807) is 6.07 Å². The highest BCUT2D eigenvalue weighted by molar-refractivity contribution is 7.99. The maximum absolute atomic E-state index is 12.6. The van der Waals surface area contributed by atoms with E-state index in [0.717, 1.165) is 22.4 Å². The van der Waals surface area contributed by atoms with Crippen LogP contribution >= 0.6 is 35.0 Å². The van der Waals surface area contributed by atoms with Gasteiger partial charge in [0.05, 0.1) is 11.4 Å². The Bertz CT molecular complexity index is 1320. The number of hydrogen-bond donors (Lipinski definition) is 1. The summed E-state index contributed by atoms with van der Waals surface area (Å²) < 4.78 is 1.97. The second-order valence-electron chi connectivity index (χ2n) is 7.72. The minimum Gasteiger partial charge on any atom is -0.325 e. The molecule has 1 aromatic heterocycles. The molecule has 0 saturated carbocycles. The summed E-state index contributed by atoms with van der Waals surface area (Å²) in [5.74, 6) is 0.709. The van der Waals surface area contributed by atoms with Gasteiger partial charge in [-0.2, -0.15) is 0 Å². The van der Waals surface area contributed by atoms with Crippen LogP contribution in [0.1, 0.15) is 16.7 Å². The minimum absolute atomic E-state index is 0.150. The molecule has 0 radical (unpaired) electrons. The first-order valence-corrected chi connectivity index (χ1v) is 12.0. The van der Waals surface area contributed by atoms with E-state index in [-0.39, 0.29) is 11.7 Å². The number of carbonyl (C=O) groups excluding carboxylic acids is 1. The Morgan fingerprint density at radius 3 is 2.33 bits per heavy atom. The van der Waals surface area contributed by atoms with Gasteiger partial charge in [-0.15, -0.1) is 10.2 Å². The van der Waals surface area contributed by atoms with E-state index in [9.17, 15) is 4.79 Å². The number of carbonyl (C=O) groups is 1. The molecule has 1 heterocycles. The number of hydrogen-bond acceptors (Lipinski definition) is 4. The highest BCUT2D eigenvalue weighted by Gasteiger charge is 2.18. The molecule has 1 amide bonds. The Morgan fingerprint density at radius 1 is 0.909 bits per heavy atom. The number of amides is 1. The van der Waals surface area contributed by atoms with Crippen molar-refractivity contribution in [2.45, 2.75) is 25.9 Å². The molecule has 0 saturated heterocycles. The lowest BCUT2D eigenvalue weighted by Crippen LogP contribution is -2.14. The van der Waals surface area contributed by atoms with Gasteiger partial charge in [0.2, 0.25) is 5.91 Å². The molecule has 1 N–H and O–H groups in total. The minimum atomic E-state index is -0.150. The fourth-order valence-electron chi connectivity index (χ4n) is 3.24. The normalized spacial score (nSPS) is 10.9. The maximum Gasteiger partial charge on any atom is 0.234 e. The average Bonchev–Trinajstić information content (AvgIpc) is 3.21. The summed E-state index contributed by atoms with van der Waals surface area (Å²) >= 11 is 13.6. The second kappa shape index (κ2) is 10.00. The molecule has 168 valence electrons. The number of aromatic nitrogens is 3. The second-order valence-corrected chi connectivity index (χ2v) is 9.50. The predicted molar refractivity (Wildman–Crippen MR) is 137 cm³/mol. The number of rotatable bonds is 6. The van der Waals surface area contributed by atoms with Gasteiger partial charge in [0, 0.05) is 21.3 Å². The van der Waals surface area contributed by atoms with Crippen molar-refractivity contribution in [1.29, 1.82) is 0 Å². The first-order valence-electron chi connectivity index (χ1n) is 10.3. The van der Waals surface area contributed by atoms with Crippen LogP contribution < -0.4 is 5.32 Å². The van der Waals surface area contributed by atoms with Gasteiger partial charge in [0.15, 0.2) is 11.0 Å². The maximum atomic E-state index is 12.6. The van der Waals surface area contributed by atoms with Gasteiger partial charge < -0.3 is 5.32 Å². The van der Waals surface area contributed by atoms with Gasteiger partial charge in [-0.3, -0.25) is 9.36 Å². The van der Waals surface area contributed by atoms with Crippen molar-refractivity contribution < 1.29 is 4.79 Å². The van der Waals surface area contributed by atoms with E-state index in [1.165, 1.54) is 17.3 Å². The number of benzene rings is 3. The Labute approximate surface area is 207 Å². The highest BCUT2D eigenvalue weighted by atomic mass is 35.5. The van der Waals surface area contributed by atoms with Crippen molar-refractivity contribution in [3.8, 4) is 17.1 Å². The van der Waals surface area contributed by atoms with Crippen molar-refractivity contribution in [2.75, 3.05) is 11.1 Å². The van der Waals surface area contributed by atoms with Gasteiger partial charge in [-0.1, -0.05) is 47.1 Å². The Kier molecular flexibility index (Phi) is 7.08. The van der Waals surface area contributed by atoms with Crippen LogP contribution in [0.15, 0.2) is 65.8 Å². The summed E-state index contributed by atoms with van der Waals surface area (Å²) in [5.41, 5.74) is 5.80. The zero-order valence-corrected chi connectivity index (χ0v) is 20.7. The van der Waals surface area contributed by atoms with Crippen molar-refractivity contribution >= 4 is 46.6 Å². The Balaban J connectivity index is 1.62. The van der Waals surface area contributed by atoms with Crippen molar-refractivity contribution in [3.05, 3.63) is 87.4 Å². The van der Waals surface area contributed by atoms with Crippen molar-refractivity contribution in [2.24, 2.45) is 0 Å². The van der Waals surface area contributed by atoms with Gasteiger partial charge in [-0.25, -0.2) is 0 Å². The van der Waals surface area contributed by atoms with E-state index in [1.807, 2.05) is 54.0 Å². The van der Waals surface area contributed by atoms with Crippen LogP contribution in [-0.2, 0) is 4.79 Å². The summed E-state index contributed by atoms with van der Waals surface area (Å²) in [5, 5.41) is 13.6. The fourth-order valence-corrected chi connectivity index (χ4v) is 4.30. The Hall–Kier alpha value is -2.80. The smallest absolute Gasteiger partial charge is 0.234 e. The number of aryl methyl sites for hydroxylation is 3. The van der Waals surface area contributed by atoms with E-state index in [0.29, 0.717) is 26.7 Å². The number of halogens is 2. The molecule has 5 nitrogen and oxygen atoms in total. The molecule has 33 heavy (non-hydrogen) atoms. The molecule has 0 fully saturated rings. The summed E-state index contributed by atoms with van der Waals surface area (Å²) in [6.07, 6.45) is 0. The molecule has 0 unspecified atom stereocenters. The van der Waals surface area contributed by atoms with E-state index < -0.39 is 0 Å². The largest absolute Gasteiger partial charge is 0.325 e. The fraction of sp³-hybridized carbons (Fsp3) is 0.160. The molecular formula is C25H22Cl2N4OS. The van der Waals surface area contributed by atoms with Gasteiger partial charge >= 0.3 is 0 Å². The standard InChI is InChI=1S/C25H22Cl2N4OS/c1-15-5-11-21(12-17(15)3)31-24(18-6-8-19(26)9-7-18)29-30-25(31)33-14-23(32)28-20-10-4-16(2)22(27)13-20/h4-13H,14H2,1-3H3,(H,28,32). The van der Waals surface area contributed by atoms with Crippen LogP contribution in [-0.4, -0.2) is 26.4 Å². The van der Waals surface area contributed by atoms with Crippen molar-refractivity contribution in [1.82, 2.24) is 14.8 Å². The molecule has 0 atom stereocenters. The number of nitrogens with one attached hydrogen (secondary N) is 1. The molecule has 0 aliphatic heterocycles. The van der Waals surface area contributed by atoms with Gasteiger partial charge in [-0.05, 0) is 86.0 Å². The first kappa shape index (κ1) is 23.4. The summed E-state index contributed by atoms with van der Waals surface area (Å²) in [6.45, 7) is 6.06. The average molecular weight is 497 g/mol. The molecule has 0 aliphatic carbocycles. The molecule has 4 rings (SSSR count). The van der Waals surface area contributed by atoms with E-state index in [2.05, 4.69) is 41.5 Å². The lowest BCUT2D eigenvalue weighted by atomic mass is 10.1. The molecule has 0 bridgehead atoms. The van der Waals surface area contributed by atoms with Crippen LogP contribution in [0.3, 0.4) is 0 Å². The summed E-state index contributed by atoms with van der Waals surface area (Å²) in [6, 6.07) is 19.1. The number of nitrogens with zero attached hydrogens (tertiary/aromatic N) is 3. The lowest BCUT2D eigenvalue weighted by Gasteiger charge is -2.12. The molecular weight excluding hydrogens is 475 g/mol. The van der Waals surface area contributed by atoms with Crippen molar-refractivity contribution in [3.63, 3.8) is 0 Å². The SMILES string of the molecule is Cc1ccc(-n2c(SCC(=O)Nc3ccc(C)c(Cl)c3)nnc2-c2ccc(Cl)cc2)cc1C. The topological polar surface area (TPSA) is 59.8 Å². The van der Waals surface area contributed by atoms with Crippen LogP contribution in [0.5, 0.6) is 0 Å². The van der Waals surface area contributed by atoms with Crippen LogP contribution in [0.25, 0.3) is 17.1 Å². The Morgan fingerprint density at radius 2 is 1.64 bits per heavy atom. The highest BCUT2D eigenvalue weighted by Crippen LogP contribution is 2.30. The first-order chi connectivity index (χ1) is 15.8. The molecule has 0 aliphatic rings. The zero-order chi connectivity index (χ0) is 23.5. The molecule has 0 spiro atoms. The lowest BCUT2D eigenvalue weighted by molar-refractivity contribution is -0.113. The summed E-state index contributed by atoms with van der Waals surface area (Å²) in [7, 11) is 0. The summed E-state index contributed by atoms with van der Waals surface area (Å²) in [4.78, 5) is 12.6. The van der Waals surface area contributed by atoms with E-state index in [4.69, 9.17) is 23.2 Å². The molecule has 8 heteroatoms. The van der Waals surface area contributed by atoms with Gasteiger partial charge in [0.1, 0.15) is 0 Å². The van der Waals surface area contributed by atoms with E-state index >= 15 is 0 Å². The monoisotopic (exact) mass is 496 g/mol. The number of anilines is 1. The predicted octanol–water partition coefficient (Wildman–Crippen LogP) is 6.90. The van der Waals surface area contributed by atoms with Crippen LogP contribution in [0.4, 0.5) is 5.69 Å². The van der Waals surface area contributed by atoms with Crippen LogP contribution in [0.2, 0.25) is 10.0 Å². The molecule has 4 aromatic rings. The quantitative estimate of drug-likeness (QED) is 0.295. The number of thioether (sulfide) groups is 1. The third-order valence-corrected chi connectivity index (χ3v) is 6.86. The molecule has 3 aromatic carbocycles. The third-order valence-electron chi connectivity index (χ3n) is 5.27.